The number of nitrogens with zero attached hydrogens (tertiary/aromatic N) is 1. The van der Waals surface area contributed by atoms with Crippen molar-refractivity contribution in [3.8, 4) is 6.07 Å². The van der Waals surface area contributed by atoms with Gasteiger partial charge < -0.3 is 5.32 Å². The van der Waals surface area contributed by atoms with Crippen LogP contribution in [0.25, 0.3) is 0 Å². The first-order valence-electron chi connectivity index (χ1n) is 9.89. The standard InChI is InChI=1S/C25H23FN2O2S2/c1-17-13-18(2)24(19(3)14-17)28-25(31-16-20-9-7-8-12-22(20)26)23(15-27)32(29,30)21-10-5-4-6-11-21/h4-14,28H,16H2,1-3H3. The second kappa shape index (κ2) is 10.0. The van der Waals surface area contributed by atoms with Crippen LogP contribution >= 0.6 is 11.8 Å². The van der Waals surface area contributed by atoms with Gasteiger partial charge in [0.15, 0.2) is 4.91 Å². The van der Waals surface area contributed by atoms with Crippen LogP contribution < -0.4 is 5.32 Å². The van der Waals surface area contributed by atoms with Gasteiger partial charge in [0.2, 0.25) is 9.84 Å². The quantitative estimate of drug-likeness (QED) is 0.416. The maximum absolute atomic E-state index is 14.2. The van der Waals surface area contributed by atoms with Crippen molar-refractivity contribution >= 4 is 27.3 Å². The second-order valence-corrected chi connectivity index (χ2v) is 10.2. The van der Waals surface area contributed by atoms with Gasteiger partial charge in [-0.3, -0.25) is 0 Å². The molecule has 0 atom stereocenters. The van der Waals surface area contributed by atoms with Gasteiger partial charge >= 0.3 is 0 Å². The SMILES string of the molecule is Cc1cc(C)c(NC(SCc2ccccc2F)=C(C#N)S(=O)(=O)c2ccccc2)c(C)c1. The normalized spacial score (nSPS) is 12.1. The Bertz CT molecular complexity index is 1290. The number of thioether (sulfide) groups is 1. The Morgan fingerprint density at radius 3 is 2.19 bits per heavy atom. The smallest absolute Gasteiger partial charge is 0.219 e. The first kappa shape index (κ1) is 23.6. The summed E-state index contributed by atoms with van der Waals surface area (Å²) in [5, 5.41) is 13.2. The van der Waals surface area contributed by atoms with E-state index in [-0.39, 0.29) is 21.5 Å². The number of hydrogen-bond acceptors (Lipinski definition) is 5. The van der Waals surface area contributed by atoms with Gasteiger partial charge in [-0.25, -0.2) is 12.8 Å². The van der Waals surface area contributed by atoms with E-state index in [1.807, 2.05) is 39.0 Å². The summed E-state index contributed by atoms with van der Waals surface area (Å²) in [5.41, 5.74) is 4.06. The van der Waals surface area contributed by atoms with E-state index in [1.165, 1.54) is 18.2 Å². The molecule has 0 aromatic heterocycles. The van der Waals surface area contributed by atoms with E-state index in [0.29, 0.717) is 5.56 Å². The van der Waals surface area contributed by atoms with E-state index in [4.69, 9.17) is 0 Å². The zero-order valence-electron chi connectivity index (χ0n) is 18.0. The zero-order valence-corrected chi connectivity index (χ0v) is 19.6. The number of aryl methyl sites for hydroxylation is 3. The van der Waals surface area contributed by atoms with Crippen molar-refractivity contribution in [1.29, 1.82) is 5.26 Å². The second-order valence-electron chi connectivity index (χ2n) is 7.37. The molecule has 4 nitrogen and oxygen atoms in total. The van der Waals surface area contributed by atoms with Crippen LogP contribution in [0, 0.1) is 37.9 Å². The van der Waals surface area contributed by atoms with Gasteiger partial charge in [-0.05, 0) is 55.7 Å². The third-order valence-corrected chi connectivity index (χ3v) is 7.78. The largest absolute Gasteiger partial charge is 0.348 e. The van der Waals surface area contributed by atoms with Crippen molar-refractivity contribution in [1.82, 2.24) is 0 Å². The zero-order chi connectivity index (χ0) is 23.3. The molecule has 0 bridgehead atoms. The monoisotopic (exact) mass is 466 g/mol. The molecule has 7 heteroatoms. The predicted molar refractivity (Wildman–Crippen MR) is 128 cm³/mol. The molecule has 3 aromatic rings. The molecule has 0 unspecified atom stereocenters. The van der Waals surface area contributed by atoms with Gasteiger partial charge in [-0.2, -0.15) is 5.26 Å². The molecule has 0 saturated heterocycles. The fourth-order valence-electron chi connectivity index (χ4n) is 3.36. The van der Waals surface area contributed by atoms with Crippen LogP contribution in [0.4, 0.5) is 10.1 Å². The number of anilines is 1. The van der Waals surface area contributed by atoms with E-state index >= 15 is 0 Å². The molecule has 0 radical (unpaired) electrons. The third-order valence-electron chi connectivity index (χ3n) is 4.88. The van der Waals surface area contributed by atoms with Crippen molar-refractivity contribution in [2.75, 3.05) is 5.32 Å². The highest BCUT2D eigenvalue weighted by molar-refractivity contribution is 8.04. The Morgan fingerprint density at radius 2 is 1.59 bits per heavy atom. The number of allylic oxidation sites excluding steroid dienone is 1. The van der Waals surface area contributed by atoms with E-state index in [2.05, 4.69) is 5.32 Å². The van der Waals surface area contributed by atoms with Gasteiger partial charge in [-0.15, -0.1) is 11.8 Å². The van der Waals surface area contributed by atoms with Crippen molar-refractivity contribution in [2.45, 2.75) is 31.4 Å². The van der Waals surface area contributed by atoms with E-state index < -0.39 is 14.7 Å². The Hall–Kier alpha value is -3.08. The average Bonchev–Trinajstić information content (AvgIpc) is 2.76. The lowest BCUT2D eigenvalue weighted by atomic mass is 10.1. The predicted octanol–water partition coefficient (Wildman–Crippen LogP) is 6.26. The third kappa shape index (κ3) is 5.21. The molecule has 0 heterocycles. The Labute approximate surface area is 192 Å². The fraction of sp³-hybridized carbons (Fsp3) is 0.160. The molecule has 3 rings (SSSR count). The fourth-order valence-corrected chi connectivity index (χ4v) is 5.92. The molecule has 1 N–H and O–H groups in total. The van der Waals surface area contributed by atoms with Crippen LogP contribution in [0.1, 0.15) is 22.3 Å². The highest BCUT2D eigenvalue weighted by atomic mass is 32.2. The topological polar surface area (TPSA) is 70.0 Å². The molecule has 32 heavy (non-hydrogen) atoms. The van der Waals surface area contributed by atoms with Crippen LogP contribution in [0.3, 0.4) is 0 Å². The highest BCUT2D eigenvalue weighted by Gasteiger charge is 2.26. The Kier molecular flexibility index (Phi) is 7.39. The van der Waals surface area contributed by atoms with Crippen LogP contribution in [-0.2, 0) is 15.6 Å². The molecular formula is C25H23FN2O2S2. The van der Waals surface area contributed by atoms with Gasteiger partial charge in [0.1, 0.15) is 16.9 Å². The summed E-state index contributed by atoms with van der Waals surface area (Å²) in [6, 6.07) is 20.0. The van der Waals surface area contributed by atoms with Crippen molar-refractivity contribution in [2.24, 2.45) is 0 Å². The van der Waals surface area contributed by atoms with Gasteiger partial charge in [0.05, 0.1) is 4.90 Å². The summed E-state index contributed by atoms with van der Waals surface area (Å²) < 4.78 is 40.8. The van der Waals surface area contributed by atoms with Crippen LogP contribution in [0.15, 0.2) is 81.6 Å². The number of hydrogen-bond donors (Lipinski definition) is 1. The summed E-state index contributed by atoms with van der Waals surface area (Å²) in [5.74, 6) is -0.222. The van der Waals surface area contributed by atoms with Gasteiger partial charge in [-0.1, -0.05) is 54.1 Å². The van der Waals surface area contributed by atoms with Crippen molar-refractivity contribution in [3.05, 3.63) is 105 Å². The van der Waals surface area contributed by atoms with Gasteiger partial charge in [0, 0.05) is 11.4 Å². The summed E-state index contributed by atoms with van der Waals surface area (Å²) in [4.78, 5) is -0.371. The molecule has 0 spiro atoms. The first-order chi connectivity index (χ1) is 15.2. The van der Waals surface area contributed by atoms with E-state index in [0.717, 1.165) is 34.1 Å². The molecule has 0 saturated carbocycles. The minimum Gasteiger partial charge on any atom is -0.348 e. The van der Waals surface area contributed by atoms with Gasteiger partial charge in [0.25, 0.3) is 0 Å². The van der Waals surface area contributed by atoms with E-state index in [1.54, 1.807) is 36.4 Å². The van der Waals surface area contributed by atoms with Crippen LogP contribution in [0.2, 0.25) is 0 Å². The summed E-state index contributed by atoms with van der Waals surface area (Å²) in [6.45, 7) is 5.81. The Balaban J connectivity index is 2.12. The lowest BCUT2D eigenvalue weighted by Crippen LogP contribution is -2.11. The number of sulfone groups is 1. The first-order valence-corrected chi connectivity index (χ1v) is 12.4. The molecule has 0 aliphatic carbocycles. The van der Waals surface area contributed by atoms with E-state index in [9.17, 15) is 18.1 Å². The van der Waals surface area contributed by atoms with Crippen LogP contribution in [0.5, 0.6) is 0 Å². The maximum atomic E-state index is 14.2. The lowest BCUT2D eigenvalue weighted by Gasteiger charge is -2.18. The molecular weight excluding hydrogens is 443 g/mol. The minimum absolute atomic E-state index is 0.0275. The number of halogens is 1. The average molecular weight is 467 g/mol. The molecule has 0 fully saturated rings. The highest BCUT2D eigenvalue weighted by Crippen LogP contribution is 2.34. The number of rotatable bonds is 7. The number of benzene rings is 3. The van der Waals surface area contributed by atoms with Crippen molar-refractivity contribution in [3.63, 3.8) is 0 Å². The number of nitrogens with one attached hydrogen (secondary N) is 1. The molecule has 3 aromatic carbocycles. The molecule has 164 valence electrons. The van der Waals surface area contributed by atoms with Crippen LogP contribution in [-0.4, -0.2) is 8.42 Å². The summed E-state index contributed by atoms with van der Waals surface area (Å²) in [6.07, 6.45) is 0. The number of nitriles is 1. The Morgan fingerprint density at radius 1 is 1.00 bits per heavy atom. The molecule has 0 aliphatic heterocycles. The molecule has 0 amide bonds. The molecule has 0 aliphatic rings. The maximum Gasteiger partial charge on any atom is 0.219 e. The minimum atomic E-state index is -4.08. The summed E-state index contributed by atoms with van der Waals surface area (Å²) >= 11 is 1.09. The lowest BCUT2D eigenvalue weighted by molar-refractivity contribution is 0.603. The van der Waals surface area contributed by atoms with Crippen molar-refractivity contribution < 1.29 is 12.8 Å². The summed E-state index contributed by atoms with van der Waals surface area (Å²) in [7, 11) is -4.08.